The molecular weight excluding hydrogens is 358 g/mol. The van der Waals surface area contributed by atoms with Crippen molar-refractivity contribution in [1.82, 2.24) is 14.8 Å². The number of urea groups is 1. The molecule has 2 heterocycles. The Morgan fingerprint density at radius 2 is 1.71 bits per heavy atom. The average Bonchev–Trinajstić information content (AvgIpc) is 3.13. The summed E-state index contributed by atoms with van der Waals surface area (Å²) in [5.41, 5.74) is 1.62. The normalized spacial score (nSPS) is 16.4. The monoisotopic (exact) mass is 387 g/mol. The molecule has 28 heavy (non-hydrogen) atoms. The highest BCUT2D eigenvalue weighted by atomic mass is 16.5. The first kappa shape index (κ1) is 19.9. The average molecular weight is 387 g/mol. The maximum Gasteiger partial charge on any atom is 0.318 e. The van der Waals surface area contributed by atoms with Crippen LogP contribution in [-0.4, -0.2) is 48.9 Å². The van der Waals surface area contributed by atoms with Crippen molar-refractivity contribution in [2.24, 2.45) is 0 Å². The summed E-state index contributed by atoms with van der Waals surface area (Å²) < 4.78 is 18.7. The smallest absolute Gasteiger partial charge is 0.318 e. The number of benzene rings is 1. The van der Waals surface area contributed by atoms with Crippen LogP contribution in [0.25, 0.3) is 0 Å². The molecule has 1 N–H and O–H groups in total. The van der Waals surface area contributed by atoms with Crippen molar-refractivity contribution in [3.8, 4) is 17.2 Å². The van der Waals surface area contributed by atoms with Crippen LogP contribution in [0.5, 0.6) is 17.2 Å². The van der Waals surface area contributed by atoms with E-state index in [1.807, 2.05) is 56.1 Å². The molecular formula is C21H29N3O4. The van der Waals surface area contributed by atoms with Gasteiger partial charge >= 0.3 is 6.03 Å². The van der Waals surface area contributed by atoms with E-state index in [-0.39, 0.29) is 17.6 Å². The Balaban J connectivity index is 2.11. The van der Waals surface area contributed by atoms with E-state index in [1.165, 1.54) is 0 Å². The molecule has 0 bridgehead atoms. The number of hydrogen-bond acceptors (Lipinski definition) is 4. The van der Waals surface area contributed by atoms with Gasteiger partial charge in [-0.1, -0.05) is 0 Å². The van der Waals surface area contributed by atoms with Gasteiger partial charge in [0.1, 0.15) is 0 Å². The Hall–Kier alpha value is -2.83. The lowest BCUT2D eigenvalue weighted by Crippen LogP contribution is -2.52. The van der Waals surface area contributed by atoms with E-state index in [4.69, 9.17) is 14.2 Å². The minimum absolute atomic E-state index is 0.0984. The molecule has 2 aromatic rings. The number of fused-ring (bicyclic) bond motifs is 1. The Morgan fingerprint density at radius 3 is 2.25 bits per heavy atom. The van der Waals surface area contributed by atoms with Crippen LogP contribution < -0.4 is 19.5 Å². The molecule has 0 saturated carbocycles. The number of aromatic nitrogens is 1. The van der Waals surface area contributed by atoms with Gasteiger partial charge in [-0.15, -0.1) is 0 Å². The summed E-state index contributed by atoms with van der Waals surface area (Å²) in [5, 5.41) is 3.08. The molecule has 0 spiro atoms. The van der Waals surface area contributed by atoms with Gasteiger partial charge in [0.2, 0.25) is 5.75 Å². The van der Waals surface area contributed by atoms with Crippen molar-refractivity contribution in [2.45, 2.75) is 38.9 Å². The summed E-state index contributed by atoms with van der Waals surface area (Å²) in [4.78, 5) is 14.9. The van der Waals surface area contributed by atoms with Crippen molar-refractivity contribution in [3.63, 3.8) is 0 Å². The van der Waals surface area contributed by atoms with Gasteiger partial charge in [0, 0.05) is 30.5 Å². The summed E-state index contributed by atoms with van der Waals surface area (Å²) in [7, 11) is 4.76. The number of nitrogens with one attached hydrogen (secondary N) is 1. The number of carbonyl (C=O) groups is 1. The standard InChI is InChI=1S/C21H29N3O4/c1-21(2,3)22-20(25)24-11-10-23-9-7-8-15(23)18(24)14-12-16(26-4)19(28-6)17(13-14)27-5/h7-9,12-13,18H,10-11H2,1-6H3,(H,22,25)/t18-/m1/s1. The highest BCUT2D eigenvalue weighted by Gasteiger charge is 2.34. The van der Waals surface area contributed by atoms with Crippen molar-refractivity contribution in [2.75, 3.05) is 27.9 Å². The van der Waals surface area contributed by atoms with Crippen LogP contribution in [0.3, 0.4) is 0 Å². The van der Waals surface area contributed by atoms with Gasteiger partial charge in [0.25, 0.3) is 0 Å². The van der Waals surface area contributed by atoms with Crippen LogP contribution in [-0.2, 0) is 6.54 Å². The van der Waals surface area contributed by atoms with Gasteiger partial charge < -0.3 is 29.0 Å². The molecule has 1 atom stereocenters. The maximum atomic E-state index is 13.1. The van der Waals surface area contributed by atoms with Crippen molar-refractivity contribution in [3.05, 3.63) is 41.7 Å². The second kappa shape index (κ2) is 7.66. The number of methoxy groups -OCH3 is 3. The van der Waals surface area contributed by atoms with Crippen molar-refractivity contribution >= 4 is 6.03 Å². The molecule has 1 aliphatic heterocycles. The molecule has 152 valence electrons. The topological polar surface area (TPSA) is 65.0 Å². The van der Waals surface area contributed by atoms with Crippen molar-refractivity contribution in [1.29, 1.82) is 0 Å². The fraction of sp³-hybridized carbons (Fsp3) is 0.476. The number of ether oxygens (including phenoxy) is 3. The minimum atomic E-state index is -0.323. The molecule has 2 amide bonds. The predicted molar refractivity (Wildman–Crippen MR) is 107 cm³/mol. The van der Waals surface area contributed by atoms with Crippen LogP contribution in [0.1, 0.15) is 38.1 Å². The molecule has 1 aliphatic rings. The molecule has 0 unspecified atom stereocenters. The van der Waals surface area contributed by atoms with E-state index in [1.54, 1.807) is 21.3 Å². The Bertz CT molecular complexity index is 829. The Labute approximate surface area is 166 Å². The quantitative estimate of drug-likeness (QED) is 0.873. The summed E-state index contributed by atoms with van der Waals surface area (Å²) in [6, 6.07) is 7.51. The molecule has 0 saturated heterocycles. The van der Waals surface area contributed by atoms with Crippen LogP contribution in [0.15, 0.2) is 30.5 Å². The zero-order valence-electron chi connectivity index (χ0n) is 17.4. The molecule has 1 aromatic heterocycles. The number of rotatable bonds is 4. The van der Waals surface area contributed by atoms with E-state index < -0.39 is 0 Å². The first-order valence-corrected chi connectivity index (χ1v) is 9.32. The molecule has 7 heteroatoms. The number of hydrogen-bond donors (Lipinski definition) is 1. The third kappa shape index (κ3) is 3.74. The first-order valence-electron chi connectivity index (χ1n) is 9.32. The molecule has 0 aliphatic carbocycles. The van der Waals surface area contributed by atoms with Gasteiger partial charge in [0.15, 0.2) is 11.5 Å². The summed E-state index contributed by atoms with van der Waals surface area (Å²) >= 11 is 0. The van der Waals surface area contributed by atoms with Crippen LogP contribution in [0.2, 0.25) is 0 Å². The van der Waals surface area contributed by atoms with Gasteiger partial charge in [-0.25, -0.2) is 4.79 Å². The van der Waals surface area contributed by atoms with Crippen molar-refractivity contribution < 1.29 is 19.0 Å². The lowest BCUT2D eigenvalue weighted by Gasteiger charge is -2.39. The highest BCUT2D eigenvalue weighted by molar-refractivity contribution is 5.76. The number of carbonyl (C=O) groups excluding carboxylic acids is 1. The third-order valence-corrected chi connectivity index (χ3v) is 4.78. The van der Waals surface area contributed by atoms with Gasteiger partial charge in [0.05, 0.1) is 27.4 Å². The number of amides is 2. The van der Waals surface area contributed by atoms with E-state index >= 15 is 0 Å². The summed E-state index contributed by atoms with van der Waals surface area (Å²) in [5.74, 6) is 1.67. The molecule has 0 radical (unpaired) electrons. The largest absolute Gasteiger partial charge is 0.493 e. The summed E-state index contributed by atoms with van der Waals surface area (Å²) in [6.45, 7) is 7.29. The van der Waals surface area contributed by atoms with E-state index in [2.05, 4.69) is 9.88 Å². The lowest BCUT2D eigenvalue weighted by atomic mass is 9.99. The zero-order valence-corrected chi connectivity index (χ0v) is 17.4. The van der Waals surface area contributed by atoms with Gasteiger partial charge in [-0.3, -0.25) is 0 Å². The molecule has 3 rings (SSSR count). The molecule has 1 aromatic carbocycles. The van der Waals surface area contributed by atoms with Crippen LogP contribution in [0, 0.1) is 0 Å². The maximum absolute atomic E-state index is 13.1. The third-order valence-electron chi connectivity index (χ3n) is 4.78. The van der Waals surface area contributed by atoms with E-state index in [0.717, 1.165) is 17.8 Å². The predicted octanol–water partition coefficient (Wildman–Crippen LogP) is 3.43. The van der Waals surface area contributed by atoms with Gasteiger partial charge in [-0.05, 0) is 50.6 Å². The Kier molecular flexibility index (Phi) is 5.45. The first-order chi connectivity index (χ1) is 13.3. The zero-order chi connectivity index (χ0) is 20.5. The fourth-order valence-electron chi connectivity index (χ4n) is 3.60. The van der Waals surface area contributed by atoms with E-state index in [0.29, 0.717) is 23.8 Å². The second-order valence-corrected chi connectivity index (χ2v) is 7.86. The number of nitrogens with zero attached hydrogens (tertiary/aromatic N) is 2. The molecule has 7 nitrogen and oxygen atoms in total. The highest BCUT2D eigenvalue weighted by Crippen LogP contribution is 2.43. The SMILES string of the molecule is COc1cc([C@@H]2c3cccn3CCN2C(=O)NC(C)(C)C)cc(OC)c1OC. The lowest BCUT2D eigenvalue weighted by molar-refractivity contribution is 0.160. The summed E-state index contributed by atoms with van der Waals surface area (Å²) in [6.07, 6.45) is 2.04. The second-order valence-electron chi connectivity index (χ2n) is 7.86. The molecule has 0 fully saturated rings. The van der Waals surface area contributed by atoms with Crippen LogP contribution >= 0.6 is 0 Å². The van der Waals surface area contributed by atoms with Crippen LogP contribution in [0.4, 0.5) is 4.79 Å². The van der Waals surface area contributed by atoms with E-state index in [9.17, 15) is 4.79 Å². The Morgan fingerprint density at radius 1 is 1.07 bits per heavy atom. The fourth-order valence-corrected chi connectivity index (χ4v) is 3.60. The van der Waals surface area contributed by atoms with Gasteiger partial charge in [-0.2, -0.15) is 0 Å². The minimum Gasteiger partial charge on any atom is -0.493 e.